The molecule has 8 nitrogen and oxygen atoms in total. The van der Waals surface area contributed by atoms with Gasteiger partial charge in [0, 0.05) is 32.7 Å². The van der Waals surface area contributed by atoms with Crippen LogP contribution in [0.25, 0.3) is 0 Å². The first-order valence-corrected chi connectivity index (χ1v) is 9.71. The number of para-hydroxylation sites is 2. The van der Waals surface area contributed by atoms with Gasteiger partial charge in [-0.2, -0.15) is 5.10 Å². The molecule has 2 amide bonds. The van der Waals surface area contributed by atoms with Crippen LogP contribution >= 0.6 is 0 Å². The summed E-state index contributed by atoms with van der Waals surface area (Å²) in [7, 11) is 2.09. The Hall–Kier alpha value is -2.71. The molecule has 2 aliphatic rings. The van der Waals surface area contributed by atoms with Crippen LogP contribution < -0.4 is 10.2 Å². The van der Waals surface area contributed by atoms with E-state index in [1.807, 2.05) is 38.1 Å². The molecule has 0 radical (unpaired) electrons. The Balaban J connectivity index is 1.77. The Morgan fingerprint density at radius 1 is 1.18 bits per heavy atom. The highest BCUT2D eigenvalue weighted by atomic mass is 16.2. The van der Waals surface area contributed by atoms with Gasteiger partial charge in [-0.25, -0.2) is 0 Å². The second kappa shape index (κ2) is 7.37. The largest absolute Gasteiger partial charge is 0.319 e. The number of hydrogen-bond donors (Lipinski definition) is 1. The highest BCUT2D eigenvalue weighted by Crippen LogP contribution is 2.39. The normalized spacial score (nSPS) is 17.7. The van der Waals surface area contributed by atoms with Gasteiger partial charge in [0.2, 0.25) is 5.91 Å². The number of aromatic nitrogens is 2. The van der Waals surface area contributed by atoms with E-state index in [2.05, 4.69) is 27.3 Å². The quantitative estimate of drug-likeness (QED) is 0.875. The van der Waals surface area contributed by atoms with Crippen LogP contribution in [0.1, 0.15) is 23.1 Å². The molecule has 3 heterocycles. The first kappa shape index (κ1) is 18.6. The van der Waals surface area contributed by atoms with Gasteiger partial charge in [-0.15, -0.1) is 0 Å². The molecule has 1 aromatic heterocycles. The third kappa shape index (κ3) is 3.18. The van der Waals surface area contributed by atoms with Crippen LogP contribution in [0.5, 0.6) is 0 Å². The summed E-state index contributed by atoms with van der Waals surface area (Å²) in [6, 6.07) is 7.44. The maximum Gasteiger partial charge on any atom is 0.276 e. The number of amides is 2. The Kier molecular flexibility index (Phi) is 4.91. The van der Waals surface area contributed by atoms with Crippen molar-refractivity contribution < 1.29 is 9.59 Å². The number of rotatable bonds is 3. The molecule has 0 bridgehead atoms. The first-order valence-electron chi connectivity index (χ1n) is 9.71. The zero-order valence-electron chi connectivity index (χ0n) is 16.6. The van der Waals surface area contributed by atoms with Crippen LogP contribution in [0.3, 0.4) is 0 Å². The summed E-state index contributed by atoms with van der Waals surface area (Å²) in [4.78, 5) is 32.5. The van der Waals surface area contributed by atoms with Crippen molar-refractivity contribution in [2.24, 2.45) is 0 Å². The fourth-order valence-electron chi connectivity index (χ4n) is 3.90. The standard InChI is InChI=1S/C20H26N6O2/c1-4-25-19-18(14(2)22-25)26(16-8-6-5-7-15(16)21-20(19)28)17(27)13-24-11-9-23(3)10-12-24/h5-8H,4,9-13H2,1-3H3,(H,21,28). The number of likely N-dealkylation sites (N-methyl/N-ethyl adjacent to an activating group) is 1. The number of anilines is 3. The molecule has 1 N–H and O–H groups in total. The van der Waals surface area contributed by atoms with Gasteiger partial charge < -0.3 is 10.2 Å². The summed E-state index contributed by atoms with van der Waals surface area (Å²) >= 11 is 0. The van der Waals surface area contributed by atoms with E-state index in [0.717, 1.165) is 26.2 Å². The molecule has 2 aliphatic heterocycles. The van der Waals surface area contributed by atoms with Crippen LogP contribution in [-0.4, -0.2) is 71.2 Å². The maximum atomic E-state index is 13.5. The van der Waals surface area contributed by atoms with Crippen LogP contribution in [0.2, 0.25) is 0 Å². The van der Waals surface area contributed by atoms with E-state index < -0.39 is 0 Å². The zero-order chi connectivity index (χ0) is 19.8. The van der Waals surface area contributed by atoms with Gasteiger partial charge in [0.25, 0.3) is 5.91 Å². The molecule has 0 saturated carbocycles. The molecule has 8 heteroatoms. The molecule has 0 atom stereocenters. The summed E-state index contributed by atoms with van der Waals surface area (Å²) < 4.78 is 1.67. The highest BCUT2D eigenvalue weighted by molar-refractivity contribution is 6.17. The Morgan fingerprint density at radius 3 is 2.61 bits per heavy atom. The minimum atomic E-state index is -0.236. The minimum absolute atomic E-state index is 0.0477. The third-order valence-electron chi connectivity index (χ3n) is 5.43. The smallest absolute Gasteiger partial charge is 0.276 e. The van der Waals surface area contributed by atoms with Crippen LogP contribution in [0.15, 0.2) is 24.3 Å². The number of hydrogen-bond acceptors (Lipinski definition) is 5. The SMILES string of the molecule is CCn1nc(C)c2c1C(=O)Nc1ccccc1N2C(=O)CN1CCN(C)CC1. The van der Waals surface area contributed by atoms with Crippen molar-refractivity contribution in [3.05, 3.63) is 35.7 Å². The fourth-order valence-corrected chi connectivity index (χ4v) is 3.90. The van der Waals surface area contributed by atoms with E-state index in [1.54, 1.807) is 9.58 Å². The predicted molar refractivity (Wildman–Crippen MR) is 108 cm³/mol. The molecule has 1 fully saturated rings. The molecule has 1 saturated heterocycles. The lowest BCUT2D eigenvalue weighted by atomic mass is 10.2. The number of piperazine rings is 1. The summed E-state index contributed by atoms with van der Waals surface area (Å²) in [6.45, 7) is 8.26. The number of fused-ring (bicyclic) bond motifs is 2. The molecule has 4 rings (SSSR count). The second-order valence-electron chi connectivity index (χ2n) is 7.38. The van der Waals surface area contributed by atoms with E-state index in [4.69, 9.17) is 0 Å². The lowest BCUT2D eigenvalue weighted by Crippen LogP contribution is -2.48. The number of aryl methyl sites for hydroxylation is 2. The molecular weight excluding hydrogens is 356 g/mol. The average Bonchev–Trinajstić information content (AvgIpc) is 2.94. The first-order chi connectivity index (χ1) is 13.5. The fraction of sp³-hybridized carbons (Fsp3) is 0.450. The van der Waals surface area contributed by atoms with E-state index in [0.29, 0.717) is 41.5 Å². The highest BCUT2D eigenvalue weighted by Gasteiger charge is 2.35. The summed E-state index contributed by atoms with van der Waals surface area (Å²) in [5.74, 6) is -0.284. The van der Waals surface area contributed by atoms with Crippen molar-refractivity contribution in [1.82, 2.24) is 19.6 Å². The van der Waals surface area contributed by atoms with E-state index in [1.165, 1.54) is 0 Å². The molecule has 0 unspecified atom stereocenters. The number of carbonyl (C=O) groups excluding carboxylic acids is 2. The van der Waals surface area contributed by atoms with Crippen molar-refractivity contribution in [2.75, 3.05) is 50.0 Å². The van der Waals surface area contributed by atoms with Gasteiger partial charge in [0.1, 0.15) is 5.69 Å². The van der Waals surface area contributed by atoms with E-state index >= 15 is 0 Å². The molecule has 2 aromatic rings. The second-order valence-corrected chi connectivity index (χ2v) is 7.38. The molecule has 1 aromatic carbocycles. The van der Waals surface area contributed by atoms with E-state index in [9.17, 15) is 9.59 Å². The number of nitrogens with one attached hydrogen (secondary N) is 1. The molecule has 0 aliphatic carbocycles. The average molecular weight is 382 g/mol. The van der Waals surface area contributed by atoms with Gasteiger partial charge in [0.05, 0.1) is 23.6 Å². The van der Waals surface area contributed by atoms with Gasteiger partial charge in [-0.3, -0.25) is 24.1 Å². The van der Waals surface area contributed by atoms with Crippen molar-refractivity contribution in [2.45, 2.75) is 20.4 Å². The van der Waals surface area contributed by atoms with Crippen molar-refractivity contribution in [3.8, 4) is 0 Å². The third-order valence-corrected chi connectivity index (χ3v) is 5.43. The zero-order valence-corrected chi connectivity index (χ0v) is 16.6. The van der Waals surface area contributed by atoms with Gasteiger partial charge in [-0.05, 0) is 33.0 Å². The summed E-state index contributed by atoms with van der Waals surface area (Å²) in [5, 5.41) is 7.45. The van der Waals surface area contributed by atoms with Crippen molar-refractivity contribution in [1.29, 1.82) is 0 Å². The monoisotopic (exact) mass is 382 g/mol. The topological polar surface area (TPSA) is 73.7 Å². The van der Waals surface area contributed by atoms with Crippen LogP contribution in [-0.2, 0) is 11.3 Å². The molecule has 148 valence electrons. The molecular formula is C20H26N6O2. The minimum Gasteiger partial charge on any atom is -0.319 e. The maximum absolute atomic E-state index is 13.5. The number of benzene rings is 1. The lowest BCUT2D eigenvalue weighted by Gasteiger charge is -2.33. The molecule has 28 heavy (non-hydrogen) atoms. The molecule has 0 spiro atoms. The Bertz CT molecular complexity index is 913. The van der Waals surface area contributed by atoms with Gasteiger partial charge >= 0.3 is 0 Å². The van der Waals surface area contributed by atoms with Crippen molar-refractivity contribution >= 4 is 28.9 Å². The summed E-state index contributed by atoms with van der Waals surface area (Å²) in [6.07, 6.45) is 0. The number of nitrogens with zero attached hydrogens (tertiary/aromatic N) is 5. The Morgan fingerprint density at radius 2 is 1.89 bits per heavy atom. The lowest BCUT2D eigenvalue weighted by molar-refractivity contribution is -0.119. The number of carbonyl (C=O) groups is 2. The Labute approximate surface area is 164 Å². The van der Waals surface area contributed by atoms with Gasteiger partial charge in [0.15, 0.2) is 5.69 Å². The van der Waals surface area contributed by atoms with Crippen molar-refractivity contribution in [3.63, 3.8) is 0 Å². The predicted octanol–water partition coefficient (Wildman–Crippen LogP) is 1.69. The van der Waals surface area contributed by atoms with E-state index in [-0.39, 0.29) is 11.8 Å². The van der Waals surface area contributed by atoms with Gasteiger partial charge in [-0.1, -0.05) is 12.1 Å². The van der Waals surface area contributed by atoms with Crippen LogP contribution in [0, 0.1) is 6.92 Å². The summed E-state index contributed by atoms with van der Waals surface area (Å²) in [5.41, 5.74) is 3.02. The van der Waals surface area contributed by atoms with Crippen LogP contribution in [0.4, 0.5) is 17.1 Å².